The molecule has 6 heteroatoms. The smallest absolute Gasteiger partial charge is 0.337 e. The van der Waals surface area contributed by atoms with Crippen LogP contribution in [-0.2, 0) is 6.54 Å². The van der Waals surface area contributed by atoms with Crippen molar-refractivity contribution in [3.63, 3.8) is 0 Å². The molecule has 0 aliphatic rings. The van der Waals surface area contributed by atoms with Crippen molar-refractivity contribution in [3.8, 4) is 0 Å². The summed E-state index contributed by atoms with van der Waals surface area (Å²) >= 11 is 1.54. The number of nitrogens with zero attached hydrogens (tertiary/aromatic N) is 3. The molecule has 0 amide bonds. The minimum atomic E-state index is -0.938. The molecule has 5 nitrogen and oxygen atoms in total. The number of benzene rings is 1. The summed E-state index contributed by atoms with van der Waals surface area (Å²) in [5, 5.41) is 9.20. The zero-order chi connectivity index (χ0) is 12.5. The van der Waals surface area contributed by atoms with E-state index in [1.165, 1.54) is 11.3 Å². The van der Waals surface area contributed by atoms with E-state index in [0.29, 0.717) is 17.6 Å². The van der Waals surface area contributed by atoms with E-state index >= 15 is 0 Å². The molecule has 1 N–H and O–H groups in total. The molecule has 0 aliphatic carbocycles. The van der Waals surface area contributed by atoms with Gasteiger partial charge in [0.15, 0.2) is 0 Å². The fourth-order valence-electron chi connectivity index (χ4n) is 1.91. The quantitative estimate of drug-likeness (QED) is 0.783. The Hall–Kier alpha value is -2.21. The van der Waals surface area contributed by atoms with Gasteiger partial charge in [0.2, 0.25) is 0 Å². The number of carbonyl (C=O) groups is 1. The van der Waals surface area contributed by atoms with Gasteiger partial charge in [0, 0.05) is 11.1 Å². The largest absolute Gasteiger partial charge is 0.478 e. The monoisotopic (exact) mass is 259 g/mol. The molecule has 90 valence electrons. The number of fused-ring (bicyclic) bond motifs is 1. The molecule has 0 unspecified atom stereocenters. The third-order valence-corrected chi connectivity index (χ3v) is 3.44. The van der Waals surface area contributed by atoms with Gasteiger partial charge in [-0.3, -0.25) is 4.98 Å². The first-order valence-corrected chi connectivity index (χ1v) is 6.18. The average Bonchev–Trinajstić information content (AvgIpc) is 2.99. The highest BCUT2D eigenvalue weighted by molar-refractivity contribution is 7.09. The number of carboxylic acids is 1. The molecule has 3 rings (SSSR count). The lowest BCUT2D eigenvalue weighted by molar-refractivity contribution is 0.0698. The second-order valence-corrected chi connectivity index (χ2v) is 4.79. The van der Waals surface area contributed by atoms with Crippen molar-refractivity contribution in [2.45, 2.75) is 6.54 Å². The van der Waals surface area contributed by atoms with Gasteiger partial charge in [-0.05, 0) is 12.1 Å². The van der Waals surface area contributed by atoms with Gasteiger partial charge >= 0.3 is 5.97 Å². The molecule has 0 radical (unpaired) electrons. The normalized spacial score (nSPS) is 10.9. The number of para-hydroxylation sites is 1. The van der Waals surface area contributed by atoms with Crippen LogP contribution < -0.4 is 0 Å². The van der Waals surface area contributed by atoms with Gasteiger partial charge in [-0.25, -0.2) is 9.78 Å². The van der Waals surface area contributed by atoms with E-state index in [2.05, 4.69) is 9.97 Å². The lowest BCUT2D eigenvalue weighted by Crippen LogP contribution is -2.03. The molecule has 0 saturated heterocycles. The van der Waals surface area contributed by atoms with Crippen LogP contribution in [0.4, 0.5) is 0 Å². The molecule has 0 bridgehead atoms. The van der Waals surface area contributed by atoms with E-state index in [0.717, 1.165) is 4.88 Å². The first kappa shape index (κ1) is 10.9. The van der Waals surface area contributed by atoms with Crippen molar-refractivity contribution in [3.05, 3.63) is 46.7 Å². The number of thiazole rings is 1. The van der Waals surface area contributed by atoms with E-state index in [-0.39, 0.29) is 5.56 Å². The van der Waals surface area contributed by atoms with E-state index in [1.807, 2.05) is 10.6 Å². The summed E-state index contributed by atoms with van der Waals surface area (Å²) in [7, 11) is 0. The van der Waals surface area contributed by atoms with Crippen LogP contribution in [-0.4, -0.2) is 25.6 Å². The van der Waals surface area contributed by atoms with Crippen molar-refractivity contribution in [1.29, 1.82) is 0 Å². The fourth-order valence-corrected chi connectivity index (χ4v) is 2.50. The third-order valence-electron chi connectivity index (χ3n) is 2.68. The number of carboxylic acid groups (broad SMARTS) is 1. The minimum Gasteiger partial charge on any atom is -0.478 e. The van der Waals surface area contributed by atoms with E-state index < -0.39 is 5.97 Å². The fraction of sp³-hybridized carbons (Fsp3) is 0.0833. The lowest BCUT2D eigenvalue weighted by atomic mass is 10.2. The Balaban J connectivity index is 2.15. The van der Waals surface area contributed by atoms with Crippen LogP contribution in [0.2, 0.25) is 0 Å². The van der Waals surface area contributed by atoms with Crippen LogP contribution in [0.15, 0.2) is 36.2 Å². The van der Waals surface area contributed by atoms with Crippen molar-refractivity contribution < 1.29 is 9.90 Å². The summed E-state index contributed by atoms with van der Waals surface area (Å²) in [5.41, 5.74) is 3.37. The topological polar surface area (TPSA) is 68.0 Å². The van der Waals surface area contributed by atoms with E-state index in [9.17, 15) is 9.90 Å². The molecule has 3 aromatic rings. The number of hydrogen-bond donors (Lipinski definition) is 1. The summed E-state index contributed by atoms with van der Waals surface area (Å²) < 4.78 is 1.84. The summed E-state index contributed by atoms with van der Waals surface area (Å²) in [6.07, 6.45) is 3.44. The number of aromatic carboxylic acids is 1. The molecule has 0 atom stereocenters. The third kappa shape index (κ3) is 1.76. The maximum atomic E-state index is 11.2. The first-order valence-electron chi connectivity index (χ1n) is 5.30. The molecular weight excluding hydrogens is 250 g/mol. The maximum absolute atomic E-state index is 11.2. The van der Waals surface area contributed by atoms with Gasteiger partial charge in [-0.1, -0.05) is 6.07 Å². The molecule has 18 heavy (non-hydrogen) atoms. The first-order chi connectivity index (χ1) is 8.75. The highest BCUT2D eigenvalue weighted by atomic mass is 32.1. The van der Waals surface area contributed by atoms with Gasteiger partial charge in [-0.15, -0.1) is 11.3 Å². The molecule has 2 heterocycles. The van der Waals surface area contributed by atoms with Gasteiger partial charge in [0.1, 0.15) is 0 Å². The van der Waals surface area contributed by atoms with Crippen LogP contribution in [0.1, 0.15) is 15.2 Å². The molecule has 2 aromatic heterocycles. The zero-order valence-corrected chi connectivity index (χ0v) is 10.1. The molecule has 0 saturated carbocycles. The van der Waals surface area contributed by atoms with Crippen LogP contribution in [0, 0.1) is 0 Å². The zero-order valence-electron chi connectivity index (χ0n) is 9.28. The molecular formula is C12H9N3O2S. The lowest BCUT2D eigenvalue weighted by Gasteiger charge is -2.04. The Labute approximate surface area is 106 Å². The number of rotatable bonds is 3. The molecule has 0 spiro atoms. The number of aromatic nitrogens is 3. The van der Waals surface area contributed by atoms with E-state index in [1.54, 1.807) is 30.2 Å². The second-order valence-electron chi connectivity index (χ2n) is 3.82. The van der Waals surface area contributed by atoms with Gasteiger partial charge < -0.3 is 9.67 Å². The Morgan fingerprint density at radius 1 is 1.44 bits per heavy atom. The standard InChI is InChI=1S/C12H9N3O2S/c16-12(17)9-2-1-3-10-11(9)15(6-14-10)5-8-4-13-7-18-8/h1-4,6-7H,5H2,(H,16,17). The van der Waals surface area contributed by atoms with E-state index in [4.69, 9.17) is 0 Å². The van der Waals surface area contributed by atoms with Crippen LogP contribution in [0.3, 0.4) is 0 Å². The summed E-state index contributed by atoms with van der Waals surface area (Å²) in [5.74, 6) is -0.938. The Kier molecular flexibility index (Phi) is 2.56. The average molecular weight is 259 g/mol. The Morgan fingerprint density at radius 2 is 2.33 bits per heavy atom. The highest BCUT2D eigenvalue weighted by Crippen LogP contribution is 2.20. The van der Waals surface area contributed by atoms with Gasteiger partial charge in [0.25, 0.3) is 0 Å². The van der Waals surface area contributed by atoms with Crippen LogP contribution in [0.25, 0.3) is 11.0 Å². The SMILES string of the molecule is O=C(O)c1cccc2ncn(Cc3cncs3)c12. The second kappa shape index (κ2) is 4.23. The van der Waals surface area contributed by atoms with Gasteiger partial charge in [-0.2, -0.15) is 0 Å². The maximum Gasteiger partial charge on any atom is 0.337 e. The summed E-state index contributed by atoms with van der Waals surface area (Å²) in [6, 6.07) is 5.11. The predicted molar refractivity (Wildman–Crippen MR) is 67.9 cm³/mol. The molecule has 1 aromatic carbocycles. The molecule has 0 fully saturated rings. The van der Waals surface area contributed by atoms with Crippen LogP contribution in [0.5, 0.6) is 0 Å². The Morgan fingerprint density at radius 3 is 3.06 bits per heavy atom. The molecule has 0 aliphatic heterocycles. The predicted octanol–water partition coefficient (Wildman–Crippen LogP) is 2.24. The van der Waals surface area contributed by atoms with Crippen LogP contribution >= 0.6 is 11.3 Å². The summed E-state index contributed by atoms with van der Waals surface area (Å²) in [6.45, 7) is 0.589. The van der Waals surface area contributed by atoms with Crippen molar-refractivity contribution in [2.75, 3.05) is 0 Å². The Bertz CT molecular complexity index is 703. The van der Waals surface area contributed by atoms with Crippen molar-refractivity contribution in [1.82, 2.24) is 14.5 Å². The minimum absolute atomic E-state index is 0.273. The number of hydrogen-bond acceptors (Lipinski definition) is 4. The van der Waals surface area contributed by atoms with Crippen molar-refractivity contribution in [2.24, 2.45) is 0 Å². The highest BCUT2D eigenvalue weighted by Gasteiger charge is 2.13. The number of imidazole rings is 1. The summed E-state index contributed by atoms with van der Waals surface area (Å²) in [4.78, 5) is 20.5. The van der Waals surface area contributed by atoms with Gasteiger partial charge in [0.05, 0.1) is 35.0 Å². The van der Waals surface area contributed by atoms with Crippen molar-refractivity contribution >= 4 is 28.3 Å².